The maximum absolute atomic E-state index is 16.0. The van der Waals surface area contributed by atoms with E-state index >= 15 is 8.78 Å². The molecule has 176 valence electrons. The fraction of sp³-hybridized carbons (Fsp3) is 0.857. The Morgan fingerprint density at radius 3 is 2.26 bits per heavy atom. The second-order valence-corrected chi connectivity index (χ2v) is 9.43. The van der Waals surface area contributed by atoms with Crippen molar-refractivity contribution in [1.82, 2.24) is 0 Å². The van der Waals surface area contributed by atoms with Gasteiger partial charge in [-0.1, -0.05) is 13.5 Å². The summed E-state index contributed by atoms with van der Waals surface area (Å²) in [4.78, 5) is 12.2. The van der Waals surface area contributed by atoms with Crippen LogP contribution < -0.4 is 0 Å². The van der Waals surface area contributed by atoms with Crippen molar-refractivity contribution < 1.29 is 45.7 Å². The number of carbonyl (C=O) groups excluding carboxylic acids is 1. The zero-order chi connectivity index (χ0) is 22.9. The molecule has 0 N–H and O–H groups in total. The van der Waals surface area contributed by atoms with Gasteiger partial charge in [0.15, 0.2) is 6.79 Å². The summed E-state index contributed by atoms with van der Waals surface area (Å²) in [5.41, 5.74) is -3.20. The summed E-state index contributed by atoms with van der Waals surface area (Å²) in [6.07, 6.45) is -4.28. The molecule has 0 aromatic carbocycles. The second-order valence-electron chi connectivity index (χ2n) is 9.43. The lowest BCUT2D eigenvalue weighted by Crippen LogP contribution is -2.81. The van der Waals surface area contributed by atoms with E-state index < -0.39 is 60.3 Å². The van der Waals surface area contributed by atoms with Gasteiger partial charge in [-0.2, -0.15) is 22.0 Å². The molecule has 3 unspecified atom stereocenters. The summed E-state index contributed by atoms with van der Waals surface area (Å²) in [5.74, 6) is -11.1. The number of carbonyl (C=O) groups is 1. The average molecular weight is 454 g/mol. The highest BCUT2D eigenvalue weighted by molar-refractivity contribution is 5.87. The first-order valence-corrected chi connectivity index (χ1v) is 10.6. The van der Waals surface area contributed by atoms with Crippen LogP contribution in [0.5, 0.6) is 0 Å². The molecule has 4 bridgehead atoms. The van der Waals surface area contributed by atoms with Crippen LogP contribution in [0.2, 0.25) is 0 Å². The van der Waals surface area contributed by atoms with Crippen molar-refractivity contribution in [2.45, 2.75) is 81.5 Å². The number of hydrogen-bond donors (Lipinski definition) is 0. The van der Waals surface area contributed by atoms with Gasteiger partial charge in [0.1, 0.15) is 11.2 Å². The molecule has 5 aliphatic rings. The highest BCUT2D eigenvalue weighted by Gasteiger charge is 2.86. The Balaban J connectivity index is 1.74. The van der Waals surface area contributed by atoms with Gasteiger partial charge in [-0.15, -0.1) is 0 Å². The third-order valence-electron chi connectivity index (χ3n) is 7.35. The van der Waals surface area contributed by atoms with Crippen molar-refractivity contribution in [3.63, 3.8) is 0 Å². The Kier molecular flexibility index (Phi) is 5.26. The van der Waals surface area contributed by atoms with Crippen molar-refractivity contribution in [3.05, 3.63) is 12.2 Å². The normalized spacial score (nSPS) is 43.3. The third-order valence-corrected chi connectivity index (χ3v) is 7.35. The number of halogens is 5. The van der Waals surface area contributed by atoms with Crippen molar-refractivity contribution in [2.75, 3.05) is 13.4 Å². The number of ether oxygens (including phenoxy) is 4. The van der Waals surface area contributed by atoms with Crippen LogP contribution in [0.1, 0.15) is 52.4 Å². The minimum absolute atomic E-state index is 0.0102. The summed E-state index contributed by atoms with van der Waals surface area (Å²) in [7, 11) is 0. The molecule has 10 heteroatoms. The molecule has 3 atom stereocenters. The SMILES string of the molecule is C=C(C)C(=O)OC12CC3CC(C1)C1(OCOC(OCCC)(C(F)(F)F)C1(F)F)C(C3)C2. The molecule has 0 aromatic rings. The number of esters is 1. The van der Waals surface area contributed by atoms with E-state index in [-0.39, 0.29) is 43.6 Å². The van der Waals surface area contributed by atoms with Crippen molar-refractivity contribution in [3.8, 4) is 0 Å². The molecule has 5 rings (SSSR count). The Bertz CT molecular complexity index is 750. The van der Waals surface area contributed by atoms with E-state index in [1.807, 2.05) is 0 Å². The van der Waals surface area contributed by atoms with Crippen LogP contribution in [0.3, 0.4) is 0 Å². The molecule has 0 amide bonds. The highest BCUT2D eigenvalue weighted by atomic mass is 19.4. The molecule has 31 heavy (non-hydrogen) atoms. The lowest BCUT2D eigenvalue weighted by molar-refractivity contribution is -0.528. The van der Waals surface area contributed by atoms with E-state index in [0.29, 0.717) is 6.42 Å². The predicted molar refractivity (Wildman–Crippen MR) is 96.9 cm³/mol. The van der Waals surface area contributed by atoms with Crippen LogP contribution in [-0.2, 0) is 23.7 Å². The molecule has 1 saturated heterocycles. The minimum Gasteiger partial charge on any atom is -0.456 e. The molecule has 4 aliphatic carbocycles. The van der Waals surface area contributed by atoms with E-state index in [4.69, 9.17) is 14.2 Å². The van der Waals surface area contributed by atoms with Crippen LogP contribution in [0.15, 0.2) is 12.2 Å². The summed E-state index contributed by atoms with van der Waals surface area (Å²) < 4.78 is 94.9. The van der Waals surface area contributed by atoms with Gasteiger partial charge in [0.05, 0.1) is 6.61 Å². The first-order chi connectivity index (χ1) is 14.3. The lowest BCUT2D eigenvalue weighted by atomic mass is 9.46. The van der Waals surface area contributed by atoms with Crippen LogP contribution in [0, 0.1) is 17.8 Å². The van der Waals surface area contributed by atoms with E-state index in [2.05, 4.69) is 11.3 Å². The van der Waals surface area contributed by atoms with Gasteiger partial charge in [-0.25, -0.2) is 4.79 Å². The maximum atomic E-state index is 16.0. The van der Waals surface area contributed by atoms with Gasteiger partial charge in [0.2, 0.25) is 0 Å². The molecule has 4 saturated carbocycles. The second kappa shape index (κ2) is 7.12. The number of rotatable bonds is 5. The molecule has 0 aromatic heterocycles. The van der Waals surface area contributed by atoms with Crippen molar-refractivity contribution in [1.29, 1.82) is 0 Å². The maximum Gasteiger partial charge on any atom is 0.450 e. The first-order valence-electron chi connectivity index (χ1n) is 10.6. The Labute approximate surface area is 177 Å². The Morgan fingerprint density at radius 2 is 1.74 bits per heavy atom. The zero-order valence-electron chi connectivity index (χ0n) is 17.5. The van der Waals surface area contributed by atoms with Crippen LogP contribution >= 0.6 is 0 Å². The first kappa shape index (κ1) is 22.9. The lowest BCUT2D eigenvalue weighted by Gasteiger charge is -2.67. The van der Waals surface area contributed by atoms with Gasteiger partial charge >= 0.3 is 23.9 Å². The summed E-state index contributed by atoms with van der Waals surface area (Å²) in [5, 5.41) is 0. The largest absolute Gasteiger partial charge is 0.456 e. The molecule has 1 heterocycles. The Morgan fingerprint density at radius 1 is 1.13 bits per heavy atom. The van der Waals surface area contributed by atoms with Crippen molar-refractivity contribution >= 4 is 5.97 Å². The fourth-order valence-electron chi connectivity index (χ4n) is 6.42. The van der Waals surface area contributed by atoms with Crippen LogP contribution in [-0.4, -0.2) is 48.5 Å². The molecule has 5 nitrogen and oxygen atoms in total. The van der Waals surface area contributed by atoms with Gasteiger partial charge < -0.3 is 18.9 Å². The van der Waals surface area contributed by atoms with Gasteiger partial charge in [-0.05, 0) is 63.2 Å². The summed E-state index contributed by atoms with van der Waals surface area (Å²) in [6.45, 7) is 5.09. The standard InChI is InChI=1S/C21H27F5O5/c1-4-5-28-20(21(24,25)26)19(22,23)18(29-11-30-20)14-6-13-7-15(18)10-17(8-13,9-14)31-16(27)12(2)3/h13-15H,2,4-11H2,1,3H3. The smallest absolute Gasteiger partial charge is 0.450 e. The molecule has 5 fully saturated rings. The number of alkyl halides is 5. The van der Waals surface area contributed by atoms with E-state index in [0.717, 1.165) is 0 Å². The minimum atomic E-state index is -5.47. The highest BCUT2D eigenvalue weighted by Crippen LogP contribution is 2.69. The quantitative estimate of drug-likeness (QED) is 0.341. The van der Waals surface area contributed by atoms with Gasteiger partial charge in [0.25, 0.3) is 0 Å². The monoisotopic (exact) mass is 454 g/mol. The van der Waals surface area contributed by atoms with Gasteiger partial charge in [0, 0.05) is 5.57 Å². The van der Waals surface area contributed by atoms with E-state index in [1.165, 1.54) is 13.8 Å². The number of hydrogen-bond acceptors (Lipinski definition) is 5. The summed E-state index contributed by atoms with van der Waals surface area (Å²) >= 11 is 0. The summed E-state index contributed by atoms with van der Waals surface area (Å²) in [6, 6.07) is 0. The van der Waals surface area contributed by atoms with E-state index in [9.17, 15) is 18.0 Å². The fourth-order valence-corrected chi connectivity index (χ4v) is 6.42. The Hall–Kier alpha value is -1.26. The molecular formula is C21H27F5O5. The molecule has 0 radical (unpaired) electrons. The third kappa shape index (κ3) is 3.00. The van der Waals surface area contributed by atoms with Crippen LogP contribution in [0.25, 0.3) is 0 Å². The van der Waals surface area contributed by atoms with Crippen LogP contribution in [0.4, 0.5) is 22.0 Å². The zero-order valence-corrected chi connectivity index (χ0v) is 17.5. The average Bonchev–Trinajstić information content (AvgIpc) is 2.63. The molecule has 1 aliphatic heterocycles. The van der Waals surface area contributed by atoms with E-state index in [1.54, 1.807) is 0 Å². The van der Waals surface area contributed by atoms with Crippen molar-refractivity contribution in [2.24, 2.45) is 17.8 Å². The van der Waals surface area contributed by atoms with Gasteiger partial charge in [-0.3, -0.25) is 0 Å². The topological polar surface area (TPSA) is 54.0 Å². The molecule has 1 spiro atoms. The molecular weight excluding hydrogens is 427 g/mol. The predicted octanol–water partition coefficient (Wildman–Crippen LogP) is 4.75.